The van der Waals surface area contributed by atoms with Crippen LogP contribution in [0.2, 0.25) is 0 Å². The normalized spacial score (nSPS) is 11.5. The van der Waals surface area contributed by atoms with E-state index in [0.29, 0.717) is 6.61 Å². The zero-order valence-corrected chi connectivity index (χ0v) is 13.0. The molecule has 0 aliphatic carbocycles. The van der Waals surface area contributed by atoms with Crippen molar-refractivity contribution in [1.82, 2.24) is 10.8 Å². The van der Waals surface area contributed by atoms with Crippen LogP contribution in [0.5, 0.6) is 0 Å². The maximum Gasteiger partial charge on any atom is 0.245 e. The van der Waals surface area contributed by atoms with E-state index < -0.39 is 0 Å². The molecule has 0 saturated heterocycles. The van der Waals surface area contributed by atoms with Gasteiger partial charge in [-0.25, -0.2) is 5.48 Å². The Morgan fingerprint density at radius 2 is 1.61 bits per heavy atom. The second-order valence-electron chi connectivity index (χ2n) is 5.17. The summed E-state index contributed by atoms with van der Waals surface area (Å²) in [6.45, 7) is 1.72. The van der Waals surface area contributed by atoms with E-state index in [2.05, 4.69) is 10.8 Å². The van der Waals surface area contributed by atoms with E-state index in [-0.39, 0.29) is 24.3 Å². The monoisotopic (exact) mass is 312 g/mol. The molecule has 0 bridgehead atoms. The Hall–Kier alpha value is -2.66. The molecule has 1 atom stereocenters. The largest absolute Gasteiger partial charge is 0.349 e. The van der Waals surface area contributed by atoms with Gasteiger partial charge in [0, 0.05) is 6.92 Å². The molecule has 0 aliphatic rings. The third-order valence-corrected chi connectivity index (χ3v) is 3.24. The number of hydrogen-bond acceptors (Lipinski definition) is 3. The number of benzene rings is 2. The van der Waals surface area contributed by atoms with E-state index >= 15 is 0 Å². The Bertz CT molecular complexity index is 629. The molecule has 2 aromatic carbocycles. The number of hydrogen-bond donors (Lipinski definition) is 2. The molecule has 0 radical (unpaired) electrons. The van der Waals surface area contributed by atoms with Crippen LogP contribution in [-0.4, -0.2) is 11.8 Å². The Balaban J connectivity index is 1.86. The van der Waals surface area contributed by atoms with Gasteiger partial charge in [0.2, 0.25) is 11.8 Å². The van der Waals surface area contributed by atoms with Gasteiger partial charge in [0.1, 0.15) is 0 Å². The number of nitrogens with one attached hydrogen (secondary N) is 2. The van der Waals surface area contributed by atoms with Crippen LogP contribution in [0.25, 0.3) is 0 Å². The molecule has 2 rings (SSSR count). The fraction of sp³-hybridized carbons (Fsp3) is 0.222. The van der Waals surface area contributed by atoms with Crippen LogP contribution in [0.4, 0.5) is 0 Å². The number of carbonyl (C=O) groups is 2. The molecule has 0 aromatic heterocycles. The molecular weight excluding hydrogens is 292 g/mol. The summed E-state index contributed by atoms with van der Waals surface area (Å²) in [5, 5.41) is 2.78. The third kappa shape index (κ3) is 5.92. The van der Waals surface area contributed by atoms with Gasteiger partial charge in [-0.1, -0.05) is 60.7 Å². The van der Waals surface area contributed by atoms with Gasteiger partial charge in [-0.05, 0) is 11.1 Å². The molecule has 5 heteroatoms. The van der Waals surface area contributed by atoms with Crippen molar-refractivity contribution in [2.75, 3.05) is 0 Å². The molecule has 2 N–H and O–H groups in total. The highest BCUT2D eigenvalue weighted by Gasteiger charge is 2.16. The van der Waals surface area contributed by atoms with E-state index in [0.717, 1.165) is 11.1 Å². The Morgan fingerprint density at radius 1 is 1.00 bits per heavy atom. The summed E-state index contributed by atoms with van der Waals surface area (Å²) in [5.74, 6) is -0.472. The minimum atomic E-state index is -0.381. The highest BCUT2D eigenvalue weighted by molar-refractivity contribution is 5.78. The lowest BCUT2D eigenvalue weighted by atomic mass is 10.0. The van der Waals surface area contributed by atoms with E-state index in [1.165, 1.54) is 6.92 Å². The third-order valence-electron chi connectivity index (χ3n) is 3.24. The highest BCUT2D eigenvalue weighted by Crippen LogP contribution is 2.16. The Kier molecular flexibility index (Phi) is 6.32. The summed E-state index contributed by atoms with van der Waals surface area (Å²) in [6, 6.07) is 18.5. The van der Waals surface area contributed by atoms with Gasteiger partial charge < -0.3 is 5.32 Å². The van der Waals surface area contributed by atoms with Crippen molar-refractivity contribution in [1.29, 1.82) is 0 Å². The molecule has 0 heterocycles. The van der Waals surface area contributed by atoms with Crippen molar-refractivity contribution in [3.05, 3.63) is 71.8 Å². The minimum Gasteiger partial charge on any atom is -0.349 e. The summed E-state index contributed by atoms with van der Waals surface area (Å²) in [5.41, 5.74) is 4.26. The van der Waals surface area contributed by atoms with Crippen LogP contribution in [0.15, 0.2) is 60.7 Å². The summed E-state index contributed by atoms with van der Waals surface area (Å²) < 4.78 is 0. The first-order chi connectivity index (χ1) is 11.1. The lowest BCUT2D eigenvalue weighted by molar-refractivity contribution is -0.135. The molecule has 5 nitrogen and oxygen atoms in total. The molecule has 0 spiro atoms. The zero-order chi connectivity index (χ0) is 16.5. The van der Waals surface area contributed by atoms with Gasteiger partial charge in [0.15, 0.2) is 0 Å². The quantitative estimate of drug-likeness (QED) is 0.772. The Labute approximate surface area is 135 Å². The standard InChI is InChI=1S/C18H20N2O3/c1-14(21)19-17(16-10-6-3-7-11-16)12-18(22)20-23-13-15-8-4-2-5-9-15/h2-11,17H,12-13H2,1H3,(H,19,21)(H,20,22). The predicted molar refractivity (Wildman–Crippen MR) is 87.0 cm³/mol. The van der Waals surface area contributed by atoms with Crippen LogP contribution >= 0.6 is 0 Å². The second-order valence-corrected chi connectivity index (χ2v) is 5.17. The fourth-order valence-corrected chi connectivity index (χ4v) is 2.18. The summed E-state index contributed by atoms with van der Waals surface area (Å²) in [7, 11) is 0. The van der Waals surface area contributed by atoms with E-state index in [1.807, 2.05) is 60.7 Å². The summed E-state index contributed by atoms with van der Waals surface area (Å²) in [4.78, 5) is 28.6. The second kappa shape index (κ2) is 8.70. The maximum atomic E-state index is 12.0. The van der Waals surface area contributed by atoms with Crippen LogP contribution < -0.4 is 10.8 Å². The lowest BCUT2D eigenvalue weighted by Crippen LogP contribution is -2.32. The van der Waals surface area contributed by atoms with E-state index in [4.69, 9.17) is 4.84 Å². The number of amides is 2. The minimum absolute atomic E-state index is 0.110. The fourth-order valence-electron chi connectivity index (χ4n) is 2.18. The molecule has 0 fully saturated rings. The van der Waals surface area contributed by atoms with Gasteiger partial charge in [-0.15, -0.1) is 0 Å². The molecule has 0 saturated carbocycles. The highest BCUT2D eigenvalue weighted by atomic mass is 16.6. The average molecular weight is 312 g/mol. The van der Waals surface area contributed by atoms with Crippen LogP contribution in [-0.2, 0) is 21.0 Å². The van der Waals surface area contributed by atoms with Crippen molar-refractivity contribution < 1.29 is 14.4 Å². The first-order valence-corrected chi connectivity index (χ1v) is 7.42. The van der Waals surface area contributed by atoms with Crippen molar-refractivity contribution in [2.45, 2.75) is 26.0 Å². The zero-order valence-electron chi connectivity index (χ0n) is 13.0. The lowest BCUT2D eigenvalue weighted by Gasteiger charge is -2.18. The first-order valence-electron chi connectivity index (χ1n) is 7.42. The van der Waals surface area contributed by atoms with E-state index in [9.17, 15) is 9.59 Å². The van der Waals surface area contributed by atoms with Crippen molar-refractivity contribution in [3.8, 4) is 0 Å². The molecule has 2 aromatic rings. The van der Waals surface area contributed by atoms with Crippen LogP contribution in [0, 0.1) is 0 Å². The van der Waals surface area contributed by atoms with Crippen LogP contribution in [0.1, 0.15) is 30.5 Å². The molecular formula is C18H20N2O3. The van der Waals surface area contributed by atoms with Gasteiger partial charge >= 0.3 is 0 Å². The van der Waals surface area contributed by atoms with Gasteiger partial charge in [0.25, 0.3) is 0 Å². The smallest absolute Gasteiger partial charge is 0.245 e. The SMILES string of the molecule is CC(=O)NC(CC(=O)NOCc1ccccc1)c1ccccc1. The van der Waals surface area contributed by atoms with Gasteiger partial charge in [-0.2, -0.15) is 0 Å². The number of carbonyl (C=O) groups excluding carboxylic acids is 2. The van der Waals surface area contributed by atoms with Gasteiger partial charge in [0.05, 0.1) is 19.1 Å². The topological polar surface area (TPSA) is 67.4 Å². The maximum absolute atomic E-state index is 12.0. The predicted octanol–water partition coefficient (Wildman–Crippen LogP) is 2.50. The summed E-state index contributed by atoms with van der Waals surface area (Å²) >= 11 is 0. The number of rotatable bonds is 7. The van der Waals surface area contributed by atoms with Crippen molar-refractivity contribution in [3.63, 3.8) is 0 Å². The number of hydroxylamine groups is 1. The Morgan fingerprint density at radius 3 is 2.22 bits per heavy atom. The van der Waals surface area contributed by atoms with Crippen LogP contribution in [0.3, 0.4) is 0 Å². The van der Waals surface area contributed by atoms with E-state index in [1.54, 1.807) is 0 Å². The molecule has 2 amide bonds. The molecule has 23 heavy (non-hydrogen) atoms. The summed E-state index contributed by atoms with van der Waals surface area (Å²) in [6.07, 6.45) is 0.110. The van der Waals surface area contributed by atoms with Crippen molar-refractivity contribution >= 4 is 11.8 Å². The van der Waals surface area contributed by atoms with Crippen molar-refractivity contribution in [2.24, 2.45) is 0 Å². The molecule has 120 valence electrons. The molecule has 0 aliphatic heterocycles. The molecule has 1 unspecified atom stereocenters. The first kappa shape index (κ1) is 16.7. The van der Waals surface area contributed by atoms with Gasteiger partial charge in [-0.3, -0.25) is 14.4 Å². The average Bonchev–Trinajstić information content (AvgIpc) is 2.56.